The SMILES string of the molecule is NCc1cccc(N2C(=O)NCC3(CCOCC3)C2=O)c1. The number of amides is 3. The molecule has 21 heavy (non-hydrogen) atoms. The van der Waals surface area contributed by atoms with E-state index in [9.17, 15) is 9.59 Å². The molecule has 3 rings (SSSR count). The van der Waals surface area contributed by atoms with Crippen LogP contribution in [0.3, 0.4) is 0 Å². The molecule has 0 radical (unpaired) electrons. The first-order chi connectivity index (χ1) is 10.2. The van der Waals surface area contributed by atoms with Gasteiger partial charge in [-0.05, 0) is 30.5 Å². The first-order valence-corrected chi connectivity index (χ1v) is 7.15. The molecule has 3 amide bonds. The number of imide groups is 1. The Bertz CT molecular complexity index is 567. The summed E-state index contributed by atoms with van der Waals surface area (Å²) in [5.41, 5.74) is 6.56. The maximum absolute atomic E-state index is 12.9. The van der Waals surface area contributed by atoms with Gasteiger partial charge in [0.2, 0.25) is 5.91 Å². The molecule has 0 aliphatic carbocycles. The number of nitrogens with one attached hydrogen (secondary N) is 1. The van der Waals surface area contributed by atoms with Crippen molar-refractivity contribution in [2.24, 2.45) is 11.1 Å². The number of rotatable bonds is 2. The number of nitrogens with two attached hydrogens (primary N) is 1. The van der Waals surface area contributed by atoms with Crippen molar-refractivity contribution < 1.29 is 14.3 Å². The highest BCUT2D eigenvalue weighted by molar-refractivity contribution is 6.18. The van der Waals surface area contributed by atoms with Gasteiger partial charge in [-0.15, -0.1) is 0 Å². The Labute approximate surface area is 123 Å². The molecule has 1 aromatic carbocycles. The number of ether oxygens (including phenoxy) is 1. The molecule has 2 saturated heterocycles. The molecule has 2 fully saturated rings. The minimum absolute atomic E-state index is 0.135. The first-order valence-electron chi connectivity index (χ1n) is 7.15. The van der Waals surface area contributed by atoms with Gasteiger partial charge in [0.1, 0.15) is 0 Å². The van der Waals surface area contributed by atoms with E-state index in [1.165, 1.54) is 4.90 Å². The van der Waals surface area contributed by atoms with Crippen LogP contribution in [0.4, 0.5) is 10.5 Å². The number of hydrogen-bond donors (Lipinski definition) is 2. The van der Waals surface area contributed by atoms with Crippen LogP contribution in [-0.2, 0) is 16.1 Å². The summed E-state index contributed by atoms with van der Waals surface area (Å²) >= 11 is 0. The van der Waals surface area contributed by atoms with Gasteiger partial charge in [0, 0.05) is 26.3 Å². The van der Waals surface area contributed by atoms with E-state index in [-0.39, 0.29) is 11.9 Å². The number of benzene rings is 1. The monoisotopic (exact) mass is 289 g/mol. The Kier molecular flexibility index (Phi) is 3.65. The van der Waals surface area contributed by atoms with Gasteiger partial charge in [-0.3, -0.25) is 4.79 Å². The fourth-order valence-electron chi connectivity index (χ4n) is 2.94. The molecule has 1 aromatic rings. The van der Waals surface area contributed by atoms with E-state index < -0.39 is 5.41 Å². The quantitative estimate of drug-likeness (QED) is 0.850. The molecule has 2 aliphatic rings. The Morgan fingerprint density at radius 2 is 2.05 bits per heavy atom. The zero-order valence-corrected chi connectivity index (χ0v) is 11.8. The zero-order valence-electron chi connectivity index (χ0n) is 11.8. The highest BCUT2D eigenvalue weighted by atomic mass is 16.5. The lowest BCUT2D eigenvalue weighted by Gasteiger charge is -2.42. The average Bonchev–Trinajstić information content (AvgIpc) is 2.53. The molecule has 0 saturated carbocycles. The maximum Gasteiger partial charge on any atom is 0.328 e. The molecular weight excluding hydrogens is 270 g/mol. The van der Waals surface area contributed by atoms with Crippen molar-refractivity contribution in [3.05, 3.63) is 29.8 Å². The van der Waals surface area contributed by atoms with Crippen LogP contribution in [0, 0.1) is 5.41 Å². The Morgan fingerprint density at radius 1 is 1.29 bits per heavy atom. The number of urea groups is 1. The molecule has 0 atom stereocenters. The lowest BCUT2D eigenvalue weighted by molar-refractivity contribution is -0.133. The van der Waals surface area contributed by atoms with E-state index in [2.05, 4.69) is 5.32 Å². The van der Waals surface area contributed by atoms with E-state index >= 15 is 0 Å². The van der Waals surface area contributed by atoms with Gasteiger partial charge >= 0.3 is 6.03 Å². The second kappa shape index (κ2) is 5.46. The van der Waals surface area contributed by atoms with Crippen molar-refractivity contribution >= 4 is 17.6 Å². The predicted octanol–water partition coefficient (Wildman–Crippen LogP) is 0.998. The largest absolute Gasteiger partial charge is 0.381 e. The third kappa shape index (κ3) is 2.41. The third-order valence-electron chi connectivity index (χ3n) is 4.29. The number of hydrogen-bond acceptors (Lipinski definition) is 4. The number of nitrogens with zero attached hydrogens (tertiary/aromatic N) is 1. The van der Waals surface area contributed by atoms with Crippen LogP contribution in [0.25, 0.3) is 0 Å². The summed E-state index contributed by atoms with van der Waals surface area (Å²) in [6.07, 6.45) is 1.28. The lowest BCUT2D eigenvalue weighted by atomic mass is 9.77. The highest BCUT2D eigenvalue weighted by Gasteiger charge is 2.48. The van der Waals surface area contributed by atoms with Crippen molar-refractivity contribution in [3.63, 3.8) is 0 Å². The van der Waals surface area contributed by atoms with Crippen LogP contribution in [0.5, 0.6) is 0 Å². The Balaban J connectivity index is 1.95. The molecule has 2 aliphatic heterocycles. The zero-order chi connectivity index (χ0) is 14.9. The molecule has 2 heterocycles. The summed E-state index contributed by atoms with van der Waals surface area (Å²) in [4.78, 5) is 26.3. The molecule has 0 aromatic heterocycles. The van der Waals surface area contributed by atoms with Gasteiger partial charge in [-0.25, -0.2) is 9.69 Å². The van der Waals surface area contributed by atoms with E-state index in [4.69, 9.17) is 10.5 Å². The number of anilines is 1. The van der Waals surface area contributed by atoms with Crippen molar-refractivity contribution in [3.8, 4) is 0 Å². The van der Waals surface area contributed by atoms with Gasteiger partial charge in [0.15, 0.2) is 0 Å². The summed E-state index contributed by atoms with van der Waals surface area (Å²) in [5, 5.41) is 2.84. The second-order valence-electron chi connectivity index (χ2n) is 5.57. The molecule has 0 unspecified atom stereocenters. The van der Waals surface area contributed by atoms with Crippen molar-refractivity contribution in [2.45, 2.75) is 19.4 Å². The fraction of sp³-hybridized carbons (Fsp3) is 0.467. The molecule has 1 spiro atoms. The van der Waals surface area contributed by atoms with Crippen molar-refractivity contribution in [1.82, 2.24) is 5.32 Å². The molecule has 6 heteroatoms. The normalized spacial score (nSPS) is 21.5. The topological polar surface area (TPSA) is 84.7 Å². The third-order valence-corrected chi connectivity index (χ3v) is 4.29. The van der Waals surface area contributed by atoms with E-state index in [0.29, 0.717) is 44.8 Å². The fourth-order valence-corrected chi connectivity index (χ4v) is 2.94. The lowest BCUT2D eigenvalue weighted by Crippen LogP contribution is -2.62. The van der Waals surface area contributed by atoms with Gasteiger partial charge in [-0.2, -0.15) is 0 Å². The summed E-state index contributed by atoms with van der Waals surface area (Å²) in [6, 6.07) is 6.86. The predicted molar refractivity (Wildman–Crippen MR) is 77.7 cm³/mol. The van der Waals surface area contributed by atoms with Crippen LogP contribution in [0.1, 0.15) is 18.4 Å². The summed E-state index contributed by atoms with van der Waals surface area (Å²) in [6.45, 7) is 1.87. The smallest absolute Gasteiger partial charge is 0.328 e. The average molecular weight is 289 g/mol. The summed E-state index contributed by atoms with van der Waals surface area (Å²) in [5.74, 6) is -0.135. The molecule has 112 valence electrons. The van der Waals surface area contributed by atoms with Gasteiger partial charge in [-0.1, -0.05) is 12.1 Å². The van der Waals surface area contributed by atoms with Crippen LogP contribution in [-0.4, -0.2) is 31.7 Å². The second-order valence-corrected chi connectivity index (χ2v) is 5.57. The first kappa shape index (κ1) is 14.0. The minimum atomic E-state index is -0.537. The summed E-state index contributed by atoms with van der Waals surface area (Å²) in [7, 11) is 0. The number of carbonyl (C=O) groups is 2. The van der Waals surface area contributed by atoms with E-state index in [0.717, 1.165) is 5.56 Å². The Hall–Kier alpha value is -1.92. The van der Waals surface area contributed by atoms with Crippen molar-refractivity contribution in [2.75, 3.05) is 24.7 Å². The van der Waals surface area contributed by atoms with Crippen LogP contribution in [0.15, 0.2) is 24.3 Å². The molecule has 3 N–H and O–H groups in total. The highest BCUT2D eigenvalue weighted by Crippen LogP contribution is 2.36. The molecule has 0 bridgehead atoms. The van der Waals surface area contributed by atoms with Gasteiger partial charge < -0.3 is 15.8 Å². The number of carbonyl (C=O) groups excluding carboxylic acids is 2. The maximum atomic E-state index is 12.9. The molecular formula is C15H19N3O3. The van der Waals surface area contributed by atoms with Crippen LogP contribution >= 0.6 is 0 Å². The van der Waals surface area contributed by atoms with Crippen LogP contribution < -0.4 is 16.0 Å². The van der Waals surface area contributed by atoms with Crippen molar-refractivity contribution in [1.29, 1.82) is 0 Å². The van der Waals surface area contributed by atoms with Gasteiger partial charge in [0.05, 0.1) is 11.1 Å². The van der Waals surface area contributed by atoms with E-state index in [1.54, 1.807) is 12.1 Å². The minimum Gasteiger partial charge on any atom is -0.381 e. The summed E-state index contributed by atoms with van der Waals surface area (Å²) < 4.78 is 5.35. The molecule has 6 nitrogen and oxygen atoms in total. The Morgan fingerprint density at radius 3 is 2.76 bits per heavy atom. The van der Waals surface area contributed by atoms with Crippen LogP contribution in [0.2, 0.25) is 0 Å². The van der Waals surface area contributed by atoms with Gasteiger partial charge in [0.25, 0.3) is 0 Å². The standard InChI is InChI=1S/C15H19N3O3/c16-9-11-2-1-3-12(8-11)18-13(19)15(10-17-14(18)20)4-6-21-7-5-15/h1-3,8H,4-7,9-10,16H2,(H,17,20). The van der Waals surface area contributed by atoms with E-state index in [1.807, 2.05) is 12.1 Å².